The van der Waals surface area contributed by atoms with Gasteiger partial charge in [0.25, 0.3) is 0 Å². The molecule has 0 aliphatic carbocycles. The average molecular weight is 497 g/mol. The summed E-state index contributed by atoms with van der Waals surface area (Å²) in [7, 11) is 1.67. The van der Waals surface area contributed by atoms with Crippen LogP contribution in [0.1, 0.15) is 34.1 Å². The van der Waals surface area contributed by atoms with Gasteiger partial charge in [0.15, 0.2) is 9.04 Å². The number of carbonyl (C=O) groups excluding carboxylic acids is 4. The number of hydrazine groups is 1. The molecule has 34 heavy (non-hydrogen) atoms. The van der Waals surface area contributed by atoms with Crippen molar-refractivity contribution in [3.63, 3.8) is 0 Å². The van der Waals surface area contributed by atoms with Crippen LogP contribution in [-0.4, -0.2) is 93.2 Å². The number of Topliss-reactive ketones (excluding diaryl/α,β-unsaturated/α-hetero) is 1. The van der Waals surface area contributed by atoms with Crippen molar-refractivity contribution in [1.82, 2.24) is 20.2 Å². The molecule has 2 rings (SSSR count). The van der Waals surface area contributed by atoms with E-state index in [1.54, 1.807) is 14.1 Å². The number of ketones is 1. The van der Waals surface area contributed by atoms with Crippen molar-refractivity contribution in [2.45, 2.75) is 58.9 Å². The van der Waals surface area contributed by atoms with Gasteiger partial charge in [-0.1, -0.05) is 33.4 Å². The Bertz CT molecular complexity index is 827. The first-order chi connectivity index (χ1) is 15.6. The summed E-state index contributed by atoms with van der Waals surface area (Å²) in [5.41, 5.74) is -1.04. The Morgan fingerprint density at radius 2 is 1.76 bits per heavy atom. The van der Waals surface area contributed by atoms with Crippen molar-refractivity contribution in [1.29, 1.82) is 0 Å². The van der Waals surface area contributed by atoms with Crippen LogP contribution in [0.15, 0.2) is 12.7 Å². The van der Waals surface area contributed by atoms with Crippen molar-refractivity contribution in [3.8, 4) is 0 Å². The highest BCUT2D eigenvalue weighted by atomic mass is 28.3. The summed E-state index contributed by atoms with van der Waals surface area (Å²) in [6, 6.07) is -0.784. The number of urea groups is 1. The van der Waals surface area contributed by atoms with Crippen LogP contribution < -0.4 is 5.32 Å². The highest BCUT2D eigenvalue weighted by molar-refractivity contribution is 6.48. The van der Waals surface area contributed by atoms with Crippen LogP contribution in [0.3, 0.4) is 0 Å². The maximum absolute atomic E-state index is 13.3. The minimum atomic E-state index is -1.48. The number of carbonyl (C=O) groups is 4. The Labute approximate surface area is 204 Å². The zero-order valence-electron chi connectivity index (χ0n) is 21.7. The molecule has 4 amide bonds. The molecule has 0 aromatic carbocycles. The molecule has 11 heteroatoms. The van der Waals surface area contributed by atoms with E-state index in [2.05, 4.69) is 25.0 Å². The van der Waals surface area contributed by atoms with E-state index in [0.29, 0.717) is 0 Å². The van der Waals surface area contributed by atoms with Gasteiger partial charge in [0, 0.05) is 20.5 Å². The molecule has 1 unspecified atom stereocenters. The topological polar surface area (TPSA) is 108 Å². The third-order valence-corrected chi connectivity index (χ3v) is 7.63. The van der Waals surface area contributed by atoms with Gasteiger partial charge < -0.3 is 19.4 Å². The first-order valence-electron chi connectivity index (χ1n) is 11.7. The second-order valence-corrected chi connectivity index (χ2v) is 13.0. The molecule has 2 aliphatic rings. The van der Waals surface area contributed by atoms with E-state index >= 15 is 0 Å². The number of rotatable bonds is 8. The van der Waals surface area contributed by atoms with Gasteiger partial charge in [-0.3, -0.25) is 9.59 Å². The standard InChI is InChI=1S/C23H40N4O6Si/c1-10-11-32-21(31)27-14-15(13-26(27)20(30)25(6)7)17(28)12-16-18(19(29)24-16)23(5,22(2,3)4)33-34(8)9/h10,15-16,18,34H,1,11-14H2,2-9H3,(H,24,29)/t15?,16-,18-,23-/m1/s1. The molecule has 2 heterocycles. The molecule has 2 fully saturated rings. The molecule has 2 aliphatic heterocycles. The normalized spacial score (nSPS) is 24.3. The summed E-state index contributed by atoms with van der Waals surface area (Å²) in [5.74, 6) is -1.28. The van der Waals surface area contributed by atoms with E-state index in [1.165, 1.54) is 16.0 Å². The molecule has 0 saturated carbocycles. The number of β-lactam (4-membered cyclic amide) rings is 1. The van der Waals surface area contributed by atoms with Crippen LogP contribution in [0, 0.1) is 17.3 Å². The van der Waals surface area contributed by atoms with Crippen LogP contribution >= 0.6 is 0 Å². The van der Waals surface area contributed by atoms with Crippen molar-refractivity contribution in [2.75, 3.05) is 33.8 Å². The van der Waals surface area contributed by atoms with Gasteiger partial charge in [-0.2, -0.15) is 0 Å². The quantitative estimate of drug-likeness (QED) is 0.313. The first-order valence-corrected chi connectivity index (χ1v) is 14.5. The van der Waals surface area contributed by atoms with E-state index < -0.39 is 38.6 Å². The minimum absolute atomic E-state index is 0.00171. The van der Waals surface area contributed by atoms with Crippen LogP contribution in [0.5, 0.6) is 0 Å². The van der Waals surface area contributed by atoms with E-state index in [0.717, 1.165) is 5.01 Å². The Morgan fingerprint density at radius 3 is 2.24 bits per heavy atom. The Hall–Kier alpha value is -2.40. The highest BCUT2D eigenvalue weighted by Gasteiger charge is 2.57. The van der Waals surface area contributed by atoms with Gasteiger partial charge in [-0.05, 0) is 25.4 Å². The minimum Gasteiger partial charge on any atom is -0.444 e. The molecule has 2 saturated heterocycles. The van der Waals surface area contributed by atoms with Crippen LogP contribution in [0.2, 0.25) is 13.1 Å². The van der Waals surface area contributed by atoms with Crippen molar-refractivity contribution < 1.29 is 28.3 Å². The Morgan fingerprint density at radius 1 is 1.18 bits per heavy atom. The summed E-state index contributed by atoms with van der Waals surface area (Å²) in [6.07, 6.45) is 0.827. The van der Waals surface area contributed by atoms with Crippen LogP contribution in [0.25, 0.3) is 0 Å². The SMILES string of the molecule is C=CCOC(=O)N1CC(C(=O)C[C@H]2NC(=O)[C@@H]2[C@@](C)(O[SiH](C)C)C(C)(C)C)CN1C(=O)N(C)C. The molecular weight excluding hydrogens is 456 g/mol. The molecule has 0 spiro atoms. The van der Waals surface area contributed by atoms with Crippen LogP contribution in [0.4, 0.5) is 9.59 Å². The molecular formula is C23H40N4O6Si. The molecule has 1 N–H and O–H groups in total. The number of nitrogens with zero attached hydrogens (tertiary/aromatic N) is 3. The molecule has 10 nitrogen and oxygen atoms in total. The molecule has 4 atom stereocenters. The number of nitrogens with one attached hydrogen (secondary N) is 1. The largest absolute Gasteiger partial charge is 0.444 e. The third-order valence-electron chi connectivity index (χ3n) is 6.67. The summed E-state index contributed by atoms with van der Waals surface area (Å²) in [4.78, 5) is 52.4. The maximum Gasteiger partial charge on any atom is 0.429 e. The molecule has 0 radical (unpaired) electrons. The van der Waals surface area contributed by atoms with Crippen molar-refractivity contribution in [2.24, 2.45) is 17.3 Å². The van der Waals surface area contributed by atoms with Gasteiger partial charge in [0.05, 0.1) is 36.6 Å². The molecule has 0 bridgehead atoms. The summed E-state index contributed by atoms with van der Waals surface area (Å²) >= 11 is 0. The Balaban J connectivity index is 2.19. The van der Waals surface area contributed by atoms with Gasteiger partial charge in [-0.15, -0.1) is 0 Å². The lowest BCUT2D eigenvalue weighted by atomic mass is 9.63. The summed E-state index contributed by atoms with van der Waals surface area (Å²) in [5, 5.41) is 5.28. The van der Waals surface area contributed by atoms with Gasteiger partial charge in [0.2, 0.25) is 5.91 Å². The summed E-state index contributed by atoms with van der Waals surface area (Å²) < 4.78 is 11.5. The number of amides is 4. The highest BCUT2D eigenvalue weighted by Crippen LogP contribution is 2.45. The third kappa shape index (κ3) is 5.62. The number of ether oxygens (including phenoxy) is 1. The van der Waals surface area contributed by atoms with Gasteiger partial charge >= 0.3 is 12.1 Å². The van der Waals surface area contributed by atoms with Crippen molar-refractivity contribution >= 4 is 32.9 Å². The van der Waals surface area contributed by atoms with E-state index in [-0.39, 0.29) is 49.3 Å². The monoisotopic (exact) mass is 496 g/mol. The fourth-order valence-electron chi connectivity index (χ4n) is 4.50. The second kappa shape index (κ2) is 10.5. The average Bonchev–Trinajstić information content (AvgIpc) is 3.14. The fourth-order valence-corrected chi connectivity index (χ4v) is 5.98. The molecule has 0 aromatic rings. The summed E-state index contributed by atoms with van der Waals surface area (Å²) in [6.45, 7) is 15.8. The molecule has 0 aromatic heterocycles. The van der Waals surface area contributed by atoms with E-state index in [4.69, 9.17) is 9.16 Å². The number of hydrogen-bond donors (Lipinski definition) is 1. The fraction of sp³-hybridized carbons (Fsp3) is 0.739. The van der Waals surface area contributed by atoms with E-state index in [9.17, 15) is 19.2 Å². The smallest absolute Gasteiger partial charge is 0.429 e. The van der Waals surface area contributed by atoms with E-state index in [1.807, 2.05) is 27.7 Å². The predicted octanol–water partition coefficient (Wildman–Crippen LogP) is 2.02. The second-order valence-electron chi connectivity index (χ2n) is 10.7. The lowest BCUT2D eigenvalue weighted by Crippen LogP contribution is -2.70. The van der Waals surface area contributed by atoms with Crippen molar-refractivity contribution in [3.05, 3.63) is 12.7 Å². The zero-order valence-corrected chi connectivity index (χ0v) is 22.9. The predicted molar refractivity (Wildman–Crippen MR) is 130 cm³/mol. The lowest BCUT2D eigenvalue weighted by molar-refractivity contribution is -0.160. The van der Waals surface area contributed by atoms with Crippen LogP contribution in [-0.2, 0) is 18.8 Å². The molecule has 192 valence electrons. The maximum atomic E-state index is 13.3. The first kappa shape index (κ1) is 27.8. The lowest BCUT2D eigenvalue weighted by Gasteiger charge is -2.54. The Kier molecular flexibility index (Phi) is 8.57. The number of hydrogen-bond acceptors (Lipinski definition) is 6. The van der Waals surface area contributed by atoms with Gasteiger partial charge in [-0.25, -0.2) is 19.6 Å². The van der Waals surface area contributed by atoms with Gasteiger partial charge in [0.1, 0.15) is 12.4 Å². The zero-order chi connectivity index (χ0) is 26.0.